The van der Waals surface area contributed by atoms with Crippen LogP contribution in [0.15, 0.2) is 36.4 Å². The van der Waals surface area contributed by atoms with Gasteiger partial charge in [-0.3, -0.25) is 10.1 Å². The molecule has 1 saturated heterocycles. The largest absolute Gasteiger partial charge is 0.493 e. The van der Waals surface area contributed by atoms with Crippen molar-refractivity contribution in [2.24, 2.45) is 0 Å². The second-order valence-corrected chi connectivity index (χ2v) is 5.73. The van der Waals surface area contributed by atoms with Crippen LogP contribution >= 0.6 is 0 Å². The fourth-order valence-electron chi connectivity index (χ4n) is 2.91. The highest BCUT2D eigenvalue weighted by atomic mass is 19.1. The van der Waals surface area contributed by atoms with Gasteiger partial charge in [-0.25, -0.2) is 4.39 Å². The molecule has 26 heavy (non-hydrogen) atoms. The Morgan fingerprint density at radius 1 is 1.12 bits per heavy atom. The lowest BCUT2D eigenvalue weighted by Crippen LogP contribution is -2.34. The van der Waals surface area contributed by atoms with E-state index in [1.807, 2.05) is 0 Å². The molecule has 1 aliphatic rings. The van der Waals surface area contributed by atoms with E-state index in [-0.39, 0.29) is 18.2 Å². The van der Waals surface area contributed by atoms with Crippen LogP contribution in [-0.2, 0) is 4.74 Å². The van der Waals surface area contributed by atoms with Crippen LogP contribution in [0.3, 0.4) is 0 Å². The van der Waals surface area contributed by atoms with Crippen LogP contribution in [0.4, 0.5) is 4.39 Å². The van der Waals surface area contributed by atoms with Crippen molar-refractivity contribution in [3.05, 3.63) is 53.3 Å². The molecule has 2 atom stereocenters. The first kappa shape index (κ1) is 18.2. The lowest BCUT2D eigenvalue weighted by molar-refractivity contribution is 0.0900. The summed E-state index contributed by atoms with van der Waals surface area (Å²) >= 11 is 0. The van der Waals surface area contributed by atoms with Gasteiger partial charge >= 0.3 is 0 Å². The third kappa shape index (κ3) is 3.36. The van der Waals surface area contributed by atoms with Gasteiger partial charge in [0.2, 0.25) is 5.75 Å². The topological polar surface area (TPSA) is 66.0 Å². The predicted octanol–water partition coefficient (Wildman–Crippen LogP) is 2.72. The zero-order valence-electron chi connectivity index (χ0n) is 14.7. The molecule has 2 aromatic rings. The molecule has 2 unspecified atom stereocenters. The first-order valence-corrected chi connectivity index (χ1v) is 8.05. The van der Waals surface area contributed by atoms with Crippen LogP contribution < -0.4 is 19.5 Å². The molecular formula is C19H20FNO5. The number of ketones is 1. The molecule has 0 saturated carbocycles. The number of methoxy groups -OCH3 is 3. The van der Waals surface area contributed by atoms with Gasteiger partial charge in [-0.2, -0.15) is 0 Å². The molecular weight excluding hydrogens is 341 g/mol. The van der Waals surface area contributed by atoms with Gasteiger partial charge in [-0.1, -0.05) is 18.2 Å². The van der Waals surface area contributed by atoms with E-state index < -0.39 is 12.3 Å². The van der Waals surface area contributed by atoms with Crippen molar-refractivity contribution in [2.75, 3.05) is 27.9 Å². The summed E-state index contributed by atoms with van der Waals surface area (Å²) in [4.78, 5) is 12.9. The summed E-state index contributed by atoms with van der Waals surface area (Å²) in [6.07, 6.45) is -0.674. The number of benzene rings is 2. The highest BCUT2D eigenvalue weighted by molar-refractivity contribution is 6.01. The highest BCUT2D eigenvalue weighted by Crippen LogP contribution is 2.38. The summed E-state index contributed by atoms with van der Waals surface area (Å²) in [5, 5.41) is 3.03. The van der Waals surface area contributed by atoms with Crippen molar-refractivity contribution in [2.45, 2.75) is 12.3 Å². The molecule has 0 amide bonds. The van der Waals surface area contributed by atoms with Crippen molar-refractivity contribution in [3.8, 4) is 17.2 Å². The quantitative estimate of drug-likeness (QED) is 0.798. The molecule has 7 heteroatoms. The van der Waals surface area contributed by atoms with Crippen molar-refractivity contribution < 1.29 is 28.1 Å². The SMILES string of the molecule is COc1cc(C(=O)C2COC(c3ccccc3F)N2)cc(OC)c1OC. The Labute approximate surface area is 150 Å². The Bertz CT molecular complexity index is 785. The van der Waals surface area contributed by atoms with E-state index in [1.54, 1.807) is 30.3 Å². The molecule has 0 spiro atoms. The van der Waals surface area contributed by atoms with Crippen LogP contribution in [0.5, 0.6) is 17.2 Å². The molecule has 1 fully saturated rings. The predicted molar refractivity (Wildman–Crippen MR) is 92.4 cm³/mol. The van der Waals surface area contributed by atoms with E-state index in [0.717, 1.165) is 0 Å². The summed E-state index contributed by atoms with van der Waals surface area (Å²) in [5.41, 5.74) is 0.752. The number of nitrogens with one attached hydrogen (secondary N) is 1. The van der Waals surface area contributed by atoms with Crippen LogP contribution in [0.1, 0.15) is 22.1 Å². The van der Waals surface area contributed by atoms with E-state index in [0.29, 0.717) is 28.4 Å². The first-order valence-electron chi connectivity index (χ1n) is 8.05. The number of rotatable bonds is 6. The maximum atomic E-state index is 13.9. The average molecular weight is 361 g/mol. The van der Waals surface area contributed by atoms with Crippen LogP contribution in [0, 0.1) is 5.82 Å². The normalized spacial score (nSPS) is 19.2. The number of Topliss-reactive ketones (excluding diaryl/α,β-unsaturated/α-hetero) is 1. The van der Waals surface area contributed by atoms with Crippen molar-refractivity contribution >= 4 is 5.78 Å². The number of hydrogen-bond acceptors (Lipinski definition) is 6. The zero-order valence-corrected chi connectivity index (χ0v) is 14.7. The first-order chi connectivity index (χ1) is 12.6. The van der Waals surface area contributed by atoms with E-state index in [4.69, 9.17) is 18.9 Å². The lowest BCUT2D eigenvalue weighted by Gasteiger charge is -2.16. The van der Waals surface area contributed by atoms with E-state index >= 15 is 0 Å². The van der Waals surface area contributed by atoms with Gasteiger partial charge in [-0.05, 0) is 18.2 Å². The molecule has 0 aliphatic carbocycles. The van der Waals surface area contributed by atoms with Crippen molar-refractivity contribution in [3.63, 3.8) is 0 Å². The minimum absolute atomic E-state index is 0.133. The van der Waals surface area contributed by atoms with Gasteiger partial charge in [0.1, 0.15) is 12.0 Å². The van der Waals surface area contributed by atoms with Gasteiger partial charge < -0.3 is 18.9 Å². The fourth-order valence-corrected chi connectivity index (χ4v) is 2.91. The number of hydrogen-bond donors (Lipinski definition) is 1. The molecule has 1 heterocycles. The Balaban J connectivity index is 1.83. The molecule has 1 N–H and O–H groups in total. The molecule has 2 aromatic carbocycles. The van der Waals surface area contributed by atoms with Crippen molar-refractivity contribution in [1.82, 2.24) is 5.32 Å². The van der Waals surface area contributed by atoms with Gasteiger partial charge in [-0.15, -0.1) is 0 Å². The standard InChI is InChI=1S/C19H20FNO5/c1-23-15-8-11(9-16(24-2)18(15)25-3)17(22)14-10-26-19(21-14)12-6-4-5-7-13(12)20/h4-9,14,19,21H,10H2,1-3H3. The third-order valence-corrected chi connectivity index (χ3v) is 4.24. The lowest BCUT2D eigenvalue weighted by atomic mass is 10.0. The Hall–Kier alpha value is -2.64. The van der Waals surface area contributed by atoms with E-state index in [1.165, 1.54) is 27.4 Å². The Morgan fingerprint density at radius 2 is 1.77 bits per heavy atom. The minimum atomic E-state index is -0.674. The summed E-state index contributed by atoms with van der Waals surface area (Å²) in [6, 6.07) is 8.87. The summed E-state index contributed by atoms with van der Waals surface area (Å²) in [6.45, 7) is 0.133. The monoisotopic (exact) mass is 361 g/mol. The molecule has 0 aromatic heterocycles. The minimum Gasteiger partial charge on any atom is -0.493 e. The highest BCUT2D eigenvalue weighted by Gasteiger charge is 2.33. The van der Waals surface area contributed by atoms with Gasteiger partial charge in [0.15, 0.2) is 17.3 Å². The molecule has 0 radical (unpaired) electrons. The van der Waals surface area contributed by atoms with Gasteiger partial charge in [0.05, 0.1) is 34.0 Å². The average Bonchev–Trinajstić information content (AvgIpc) is 3.16. The van der Waals surface area contributed by atoms with Gasteiger partial charge in [0, 0.05) is 11.1 Å². The summed E-state index contributed by atoms with van der Waals surface area (Å²) in [5.74, 6) is 0.597. The molecule has 3 rings (SSSR count). The second kappa shape index (κ2) is 7.72. The zero-order chi connectivity index (χ0) is 18.7. The molecule has 1 aliphatic heterocycles. The molecule has 138 valence electrons. The maximum absolute atomic E-state index is 13.9. The number of halogens is 1. The molecule has 6 nitrogen and oxygen atoms in total. The number of carbonyl (C=O) groups excluding carboxylic acids is 1. The third-order valence-electron chi connectivity index (χ3n) is 4.24. The van der Waals surface area contributed by atoms with Crippen molar-refractivity contribution in [1.29, 1.82) is 0 Å². The van der Waals surface area contributed by atoms with Gasteiger partial charge in [0.25, 0.3) is 0 Å². The Kier molecular flexibility index (Phi) is 5.39. The number of ether oxygens (including phenoxy) is 4. The second-order valence-electron chi connectivity index (χ2n) is 5.73. The molecule has 0 bridgehead atoms. The van der Waals surface area contributed by atoms with E-state index in [2.05, 4.69) is 5.32 Å². The van der Waals surface area contributed by atoms with Crippen LogP contribution in [0.25, 0.3) is 0 Å². The fraction of sp³-hybridized carbons (Fsp3) is 0.316. The summed E-state index contributed by atoms with van der Waals surface area (Å²) in [7, 11) is 4.46. The summed E-state index contributed by atoms with van der Waals surface area (Å²) < 4.78 is 35.3. The van der Waals surface area contributed by atoms with Crippen LogP contribution in [0.2, 0.25) is 0 Å². The maximum Gasteiger partial charge on any atom is 0.203 e. The Morgan fingerprint density at radius 3 is 2.35 bits per heavy atom. The van der Waals surface area contributed by atoms with E-state index in [9.17, 15) is 9.18 Å². The number of carbonyl (C=O) groups is 1. The smallest absolute Gasteiger partial charge is 0.203 e. The van der Waals surface area contributed by atoms with Crippen LogP contribution in [-0.4, -0.2) is 39.8 Å².